The predicted octanol–water partition coefficient (Wildman–Crippen LogP) is 4.94. The Morgan fingerprint density at radius 1 is 1.14 bits per heavy atom. The van der Waals surface area contributed by atoms with Crippen LogP contribution in [0.25, 0.3) is 0 Å². The van der Waals surface area contributed by atoms with Crippen molar-refractivity contribution in [2.45, 2.75) is 71.9 Å². The Balaban J connectivity index is 2.43. The molecule has 1 rings (SSSR count). The molecule has 0 aromatic heterocycles. The molecule has 0 fully saturated rings. The highest BCUT2D eigenvalue weighted by Gasteiger charge is 2.13. The summed E-state index contributed by atoms with van der Waals surface area (Å²) in [5, 5.41) is 3.39. The molecule has 0 saturated heterocycles. The molecule has 0 bridgehead atoms. The highest BCUT2D eigenvalue weighted by atomic mass is 16.5. The molecular formula is C19H33NO. The van der Waals surface area contributed by atoms with Gasteiger partial charge in [-0.15, -0.1) is 0 Å². The molecule has 0 spiro atoms. The van der Waals surface area contributed by atoms with Crippen LogP contribution in [0.1, 0.15) is 68.7 Å². The van der Waals surface area contributed by atoms with Crippen LogP contribution < -0.4 is 5.32 Å². The summed E-state index contributed by atoms with van der Waals surface area (Å²) in [6.07, 6.45) is 6.77. The number of benzene rings is 1. The van der Waals surface area contributed by atoms with Gasteiger partial charge in [0.2, 0.25) is 0 Å². The molecule has 0 heterocycles. The van der Waals surface area contributed by atoms with Crippen molar-refractivity contribution >= 4 is 0 Å². The molecule has 0 saturated carbocycles. The second-order valence-corrected chi connectivity index (χ2v) is 6.19. The molecule has 0 aliphatic rings. The fourth-order valence-electron chi connectivity index (χ4n) is 2.75. The number of nitrogens with one attached hydrogen (secondary N) is 1. The molecule has 0 radical (unpaired) electrons. The molecule has 0 aliphatic heterocycles. The lowest BCUT2D eigenvalue weighted by molar-refractivity contribution is 0.0440. The first kappa shape index (κ1) is 18.2. The predicted molar refractivity (Wildman–Crippen MR) is 91.9 cm³/mol. The van der Waals surface area contributed by atoms with Gasteiger partial charge in [0.05, 0.1) is 18.8 Å². The third-order valence-corrected chi connectivity index (χ3v) is 4.16. The zero-order valence-corrected chi connectivity index (χ0v) is 14.5. The molecule has 21 heavy (non-hydrogen) atoms. The zero-order chi connectivity index (χ0) is 15.7. The molecule has 2 atom stereocenters. The Kier molecular flexibility index (Phi) is 8.63. The maximum atomic E-state index is 6.05. The van der Waals surface area contributed by atoms with Crippen molar-refractivity contribution in [3.63, 3.8) is 0 Å². The third-order valence-electron chi connectivity index (χ3n) is 4.16. The van der Waals surface area contributed by atoms with E-state index < -0.39 is 0 Å². The van der Waals surface area contributed by atoms with Crippen LogP contribution >= 0.6 is 0 Å². The van der Waals surface area contributed by atoms with Crippen molar-refractivity contribution in [1.82, 2.24) is 5.32 Å². The molecule has 2 heteroatoms. The first-order valence-electron chi connectivity index (χ1n) is 8.44. The SMILES string of the molecule is CCCCCCC(C)OCC(NC)c1ccc(C)cc1C. The zero-order valence-electron chi connectivity index (χ0n) is 14.5. The minimum Gasteiger partial charge on any atom is -0.377 e. The van der Waals surface area contributed by atoms with Crippen LogP contribution in [0.5, 0.6) is 0 Å². The highest BCUT2D eigenvalue weighted by molar-refractivity contribution is 5.32. The summed E-state index contributed by atoms with van der Waals surface area (Å²) >= 11 is 0. The van der Waals surface area contributed by atoms with Gasteiger partial charge in [-0.05, 0) is 45.4 Å². The fraction of sp³-hybridized carbons (Fsp3) is 0.684. The number of likely N-dealkylation sites (N-methyl/N-ethyl adjacent to an activating group) is 1. The average Bonchev–Trinajstić information content (AvgIpc) is 2.46. The molecule has 1 aromatic rings. The van der Waals surface area contributed by atoms with Gasteiger partial charge < -0.3 is 10.1 Å². The monoisotopic (exact) mass is 291 g/mol. The normalized spacial score (nSPS) is 14.1. The second-order valence-electron chi connectivity index (χ2n) is 6.19. The number of hydrogen-bond donors (Lipinski definition) is 1. The summed E-state index contributed by atoms with van der Waals surface area (Å²) in [6, 6.07) is 6.93. The van der Waals surface area contributed by atoms with E-state index >= 15 is 0 Å². The van der Waals surface area contributed by atoms with Crippen LogP contribution in [-0.2, 0) is 4.74 Å². The van der Waals surface area contributed by atoms with Gasteiger partial charge in [-0.1, -0.05) is 56.4 Å². The summed E-state index contributed by atoms with van der Waals surface area (Å²) < 4.78 is 6.05. The smallest absolute Gasteiger partial charge is 0.0665 e. The Labute approximate surface area is 131 Å². The standard InChI is InChI=1S/C19H33NO/c1-6-7-8-9-10-17(4)21-14-19(20-5)18-12-11-15(2)13-16(18)3/h11-13,17,19-20H,6-10,14H2,1-5H3. The van der Waals surface area contributed by atoms with Gasteiger partial charge in [-0.2, -0.15) is 0 Å². The molecule has 0 aliphatic carbocycles. The number of rotatable bonds is 10. The van der Waals surface area contributed by atoms with E-state index in [9.17, 15) is 0 Å². The number of aryl methyl sites for hydroxylation is 2. The van der Waals surface area contributed by atoms with E-state index in [2.05, 4.69) is 51.2 Å². The van der Waals surface area contributed by atoms with Gasteiger partial charge in [0.15, 0.2) is 0 Å². The largest absolute Gasteiger partial charge is 0.377 e. The van der Waals surface area contributed by atoms with Crippen LogP contribution in [-0.4, -0.2) is 19.8 Å². The minimum atomic E-state index is 0.281. The molecule has 2 unspecified atom stereocenters. The lowest BCUT2D eigenvalue weighted by Crippen LogP contribution is -2.25. The van der Waals surface area contributed by atoms with E-state index in [0.717, 1.165) is 6.61 Å². The van der Waals surface area contributed by atoms with Crippen molar-refractivity contribution in [2.75, 3.05) is 13.7 Å². The molecule has 120 valence electrons. The van der Waals surface area contributed by atoms with Crippen LogP contribution in [0.4, 0.5) is 0 Å². The topological polar surface area (TPSA) is 21.3 Å². The molecule has 1 N–H and O–H groups in total. The maximum Gasteiger partial charge on any atom is 0.0665 e. The van der Waals surface area contributed by atoms with Gasteiger partial charge in [0.1, 0.15) is 0 Å². The summed E-state index contributed by atoms with van der Waals surface area (Å²) in [7, 11) is 2.01. The first-order chi connectivity index (χ1) is 10.1. The van der Waals surface area contributed by atoms with Crippen molar-refractivity contribution in [2.24, 2.45) is 0 Å². The fourth-order valence-corrected chi connectivity index (χ4v) is 2.75. The van der Waals surface area contributed by atoms with Gasteiger partial charge in [-0.25, -0.2) is 0 Å². The van der Waals surface area contributed by atoms with E-state index in [1.165, 1.54) is 48.8 Å². The Morgan fingerprint density at radius 3 is 2.52 bits per heavy atom. The summed E-state index contributed by atoms with van der Waals surface area (Å²) in [5.41, 5.74) is 4.01. The van der Waals surface area contributed by atoms with Gasteiger partial charge in [0.25, 0.3) is 0 Å². The van der Waals surface area contributed by atoms with Crippen molar-refractivity contribution < 1.29 is 4.74 Å². The van der Waals surface area contributed by atoms with Gasteiger partial charge in [0, 0.05) is 0 Å². The van der Waals surface area contributed by atoms with E-state index in [0.29, 0.717) is 6.10 Å². The lowest BCUT2D eigenvalue weighted by Gasteiger charge is -2.22. The summed E-state index contributed by atoms with van der Waals surface area (Å²) in [4.78, 5) is 0. The first-order valence-corrected chi connectivity index (χ1v) is 8.44. The number of unbranched alkanes of at least 4 members (excludes halogenated alkanes) is 3. The number of hydrogen-bond acceptors (Lipinski definition) is 2. The minimum absolute atomic E-state index is 0.281. The molecular weight excluding hydrogens is 258 g/mol. The maximum absolute atomic E-state index is 6.05. The quantitative estimate of drug-likeness (QED) is 0.617. The lowest BCUT2D eigenvalue weighted by atomic mass is 10.00. The summed E-state index contributed by atoms with van der Waals surface area (Å²) in [6.45, 7) is 9.51. The molecule has 1 aromatic carbocycles. The van der Waals surface area contributed by atoms with Crippen LogP contribution in [0.2, 0.25) is 0 Å². The van der Waals surface area contributed by atoms with E-state index in [1.54, 1.807) is 0 Å². The summed E-state index contributed by atoms with van der Waals surface area (Å²) in [5.74, 6) is 0. The van der Waals surface area contributed by atoms with E-state index in [1.807, 2.05) is 7.05 Å². The molecule has 2 nitrogen and oxygen atoms in total. The third kappa shape index (κ3) is 6.62. The second kappa shape index (κ2) is 9.97. The van der Waals surface area contributed by atoms with E-state index in [4.69, 9.17) is 4.74 Å². The van der Waals surface area contributed by atoms with Crippen LogP contribution in [0.15, 0.2) is 18.2 Å². The average molecular weight is 291 g/mol. The van der Waals surface area contributed by atoms with Crippen molar-refractivity contribution in [3.05, 3.63) is 34.9 Å². The molecule has 0 amide bonds. The number of ether oxygens (including phenoxy) is 1. The van der Waals surface area contributed by atoms with Gasteiger partial charge in [-0.3, -0.25) is 0 Å². The van der Waals surface area contributed by atoms with Crippen molar-refractivity contribution in [3.8, 4) is 0 Å². The van der Waals surface area contributed by atoms with Crippen molar-refractivity contribution in [1.29, 1.82) is 0 Å². The Bertz CT molecular complexity index is 403. The Hall–Kier alpha value is -0.860. The van der Waals surface area contributed by atoms with Crippen LogP contribution in [0.3, 0.4) is 0 Å². The van der Waals surface area contributed by atoms with E-state index in [-0.39, 0.29) is 6.04 Å². The Morgan fingerprint density at radius 2 is 1.90 bits per heavy atom. The van der Waals surface area contributed by atoms with Crippen LogP contribution in [0, 0.1) is 13.8 Å². The van der Waals surface area contributed by atoms with Gasteiger partial charge >= 0.3 is 0 Å². The highest BCUT2D eigenvalue weighted by Crippen LogP contribution is 2.20.